The molecule has 13 heavy (non-hydrogen) atoms. The lowest BCUT2D eigenvalue weighted by Crippen LogP contribution is -2.04. The number of methoxy groups -OCH3 is 1. The van der Waals surface area contributed by atoms with Gasteiger partial charge in [-0.15, -0.1) is 0 Å². The van der Waals surface area contributed by atoms with Gasteiger partial charge in [-0.05, 0) is 13.0 Å². The Balaban J connectivity index is 2.87. The molecule has 3 heteroatoms. The van der Waals surface area contributed by atoms with E-state index in [1.807, 2.05) is 6.92 Å². The van der Waals surface area contributed by atoms with Crippen molar-refractivity contribution in [2.45, 2.75) is 13.3 Å². The van der Waals surface area contributed by atoms with Gasteiger partial charge in [0.25, 0.3) is 0 Å². The van der Waals surface area contributed by atoms with Crippen molar-refractivity contribution in [3.8, 4) is 5.75 Å². The zero-order valence-corrected chi connectivity index (χ0v) is 7.70. The number of aryl methyl sites for hydroxylation is 1. The summed E-state index contributed by atoms with van der Waals surface area (Å²) in [6.45, 7) is 1.90. The highest BCUT2D eigenvalue weighted by Crippen LogP contribution is 2.18. The molecule has 0 aliphatic heterocycles. The molecule has 1 rings (SSSR count). The van der Waals surface area contributed by atoms with E-state index in [9.17, 15) is 9.90 Å². The predicted octanol–water partition coefficient (Wildman–Crippen LogP) is 1.42. The van der Waals surface area contributed by atoms with E-state index >= 15 is 0 Å². The molecule has 1 aromatic carbocycles. The molecule has 0 saturated carbocycles. The van der Waals surface area contributed by atoms with Crippen molar-refractivity contribution in [2.24, 2.45) is 0 Å². The van der Waals surface area contributed by atoms with Crippen LogP contribution in [0.25, 0.3) is 0 Å². The smallest absolute Gasteiger partial charge is 0.310 e. The van der Waals surface area contributed by atoms with Crippen molar-refractivity contribution in [2.75, 3.05) is 7.11 Å². The fourth-order valence-electron chi connectivity index (χ4n) is 1.08. The second kappa shape index (κ2) is 3.94. The van der Waals surface area contributed by atoms with Crippen LogP contribution in [0, 0.1) is 6.92 Å². The van der Waals surface area contributed by atoms with Crippen LogP contribution < -0.4 is 0 Å². The summed E-state index contributed by atoms with van der Waals surface area (Å²) in [6.07, 6.45) is 0.115. The molecule has 0 fully saturated rings. The molecule has 0 aliphatic carbocycles. The van der Waals surface area contributed by atoms with Crippen molar-refractivity contribution >= 4 is 5.97 Å². The number of hydrogen-bond donors (Lipinski definition) is 1. The Hall–Kier alpha value is -1.51. The summed E-state index contributed by atoms with van der Waals surface area (Å²) in [5, 5.41) is 9.37. The Kier molecular flexibility index (Phi) is 2.90. The van der Waals surface area contributed by atoms with Crippen LogP contribution in [0.5, 0.6) is 5.75 Å². The number of carbonyl (C=O) groups is 1. The normalized spacial score (nSPS) is 9.69. The minimum Gasteiger partial charge on any atom is -0.508 e. The Labute approximate surface area is 77.0 Å². The van der Waals surface area contributed by atoms with Gasteiger partial charge in [0.15, 0.2) is 0 Å². The minimum absolute atomic E-state index is 0.115. The number of ether oxygens (including phenoxy) is 1. The van der Waals surface area contributed by atoms with E-state index in [4.69, 9.17) is 0 Å². The molecule has 0 spiro atoms. The standard InChI is InChI=1S/C10H12O3/c1-7-3-4-9(11)8(5-7)6-10(12)13-2/h3-5,11H,6H2,1-2H3. The Morgan fingerprint density at radius 3 is 2.85 bits per heavy atom. The van der Waals surface area contributed by atoms with Gasteiger partial charge in [0, 0.05) is 5.56 Å². The first-order chi connectivity index (χ1) is 6.13. The van der Waals surface area contributed by atoms with Gasteiger partial charge in [-0.25, -0.2) is 0 Å². The molecule has 0 atom stereocenters. The van der Waals surface area contributed by atoms with Crippen molar-refractivity contribution in [1.29, 1.82) is 0 Å². The van der Waals surface area contributed by atoms with E-state index in [2.05, 4.69) is 4.74 Å². The first-order valence-corrected chi connectivity index (χ1v) is 3.99. The molecule has 0 saturated heterocycles. The van der Waals surface area contributed by atoms with Crippen molar-refractivity contribution in [3.05, 3.63) is 29.3 Å². The number of benzene rings is 1. The molecule has 3 nitrogen and oxygen atoms in total. The first kappa shape index (κ1) is 9.58. The monoisotopic (exact) mass is 180 g/mol. The van der Waals surface area contributed by atoms with Gasteiger partial charge in [0.2, 0.25) is 0 Å². The Morgan fingerprint density at radius 2 is 2.23 bits per heavy atom. The van der Waals surface area contributed by atoms with Crippen molar-refractivity contribution in [3.63, 3.8) is 0 Å². The highest BCUT2D eigenvalue weighted by molar-refractivity contribution is 5.73. The lowest BCUT2D eigenvalue weighted by molar-refractivity contribution is -0.139. The molecular weight excluding hydrogens is 168 g/mol. The van der Waals surface area contributed by atoms with Crippen molar-refractivity contribution in [1.82, 2.24) is 0 Å². The Morgan fingerprint density at radius 1 is 1.54 bits per heavy atom. The first-order valence-electron chi connectivity index (χ1n) is 3.99. The van der Waals surface area contributed by atoms with Gasteiger partial charge in [-0.3, -0.25) is 4.79 Å². The molecule has 0 amide bonds. The summed E-state index contributed by atoms with van der Waals surface area (Å²) in [4.78, 5) is 10.9. The third-order valence-corrected chi connectivity index (χ3v) is 1.80. The third kappa shape index (κ3) is 2.47. The summed E-state index contributed by atoms with van der Waals surface area (Å²) in [6, 6.07) is 5.13. The summed E-state index contributed by atoms with van der Waals surface area (Å²) in [5.41, 5.74) is 1.61. The average molecular weight is 180 g/mol. The molecule has 0 unspecified atom stereocenters. The maximum absolute atomic E-state index is 10.9. The molecule has 1 aromatic rings. The van der Waals surface area contributed by atoms with Crippen LogP contribution in [0.4, 0.5) is 0 Å². The summed E-state index contributed by atoms with van der Waals surface area (Å²) >= 11 is 0. The minimum atomic E-state index is -0.346. The molecule has 70 valence electrons. The highest BCUT2D eigenvalue weighted by Gasteiger charge is 2.07. The number of hydrogen-bond acceptors (Lipinski definition) is 3. The topological polar surface area (TPSA) is 46.5 Å². The van der Waals surface area contributed by atoms with Crippen LogP contribution in [0.2, 0.25) is 0 Å². The SMILES string of the molecule is COC(=O)Cc1cc(C)ccc1O. The van der Waals surface area contributed by atoms with E-state index in [1.165, 1.54) is 7.11 Å². The number of esters is 1. The fraction of sp³-hybridized carbons (Fsp3) is 0.300. The summed E-state index contributed by atoms with van der Waals surface area (Å²) in [5.74, 6) is -0.211. The Bertz CT molecular complexity index is 318. The van der Waals surface area contributed by atoms with Crippen LogP contribution in [0.3, 0.4) is 0 Å². The number of aromatic hydroxyl groups is 1. The number of carbonyl (C=O) groups excluding carboxylic acids is 1. The largest absolute Gasteiger partial charge is 0.508 e. The van der Waals surface area contributed by atoms with Crippen LogP contribution in [-0.4, -0.2) is 18.2 Å². The third-order valence-electron chi connectivity index (χ3n) is 1.80. The number of phenolic OH excluding ortho intramolecular Hbond substituents is 1. The van der Waals surface area contributed by atoms with E-state index < -0.39 is 0 Å². The predicted molar refractivity (Wildman–Crippen MR) is 48.6 cm³/mol. The van der Waals surface area contributed by atoms with Crippen LogP contribution in [0.15, 0.2) is 18.2 Å². The van der Waals surface area contributed by atoms with E-state index in [0.29, 0.717) is 5.56 Å². The van der Waals surface area contributed by atoms with Gasteiger partial charge in [-0.1, -0.05) is 17.7 Å². The van der Waals surface area contributed by atoms with Gasteiger partial charge in [-0.2, -0.15) is 0 Å². The average Bonchev–Trinajstić information content (AvgIpc) is 2.11. The molecular formula is C10H12O3. The molecule has 0 heterocycles. The number of rotatable bonds is 2. The summed E-state index contributed by atoms with van der Waals surface area (Å²) in [7, 11) is 1.33. The van der Waals surface area contributed by atoms with Crippen LogP contribution >= 0.6 is 0 Å². The van der Waals surface area contributed by atoms with E-state index in [0.717, 1.165) is 5.56 Å². The molecule has 0 bridgehead atoms. The van der Waals surface area contributed by atoms with Gasteiger partial charge in [0.05, 0.1) is 13.5 Å². The van der Waals surface area contributed by atoms with Crippen molar-refractivity contribution < 1.29 is 14.6 Å². The quantitative estimate of drug-likeness (QED) is 0.700. The lowest BCUT2D eigenvalue weighted by atomic mass is 10.1. The lowest BCUT2D eigenvalue weighted by Gasteiger charge is -2.03. The molecule has 0 aliphatic rings. The van der Waals surface area contributed by atoms with Gasteiger partial charge in [0.1, 0.15) is 5.75 Å². The molecule has 1 N–H and O–H groups in total. The maximum atomic E-state index is 10.9. The number of phenols is 1. The highest BCUT2D eigenvalue weighted by atomic mass is 16.5. The molecule has 0 radical (unpaired) electrons. The fourth-order valence-corrected chi connectivity index (χ4v) is 1.08. The van der Waals surface area contributed by atoms with E-state index in [1.54, 1.807) is 18.2 Å². The zero-order chi connectivity index (χ0) is 9.84. The van der Waals surface area contributed by atoms with E-state index in [-0.39, 0.29) is 18.1 Å². The van der Waals surface area contributed by atoms with Gasteiger partial charge < -0.3 is 9.84 Å². The molecule has 0 aromatic heterocycles. The van der Waals surface area contributed by atoms with Gasteiger partial charge >= 0.3 is 5.97 Å². The summed E-state index contributed by atoms with van der Waals surface area (Å²) < 4.78 is 4.50. The maximum Gasteiger partial charge on any atom is 0.310 e. The second-order valence-electron chi connectivity index (χ2n) is 2.89. The van der Waals surface area contributed by atoms with Crippen LogP contribution in [0.1, 0.15) is 11.1 Å². The zero-order valence-electron chi connectivity index (χ0n) is 7.70. The second-order valence-corrected chi connectivity index (χ2v) is 2.89. The van der Waals surface area contributed by atoms with Crippen LogP contribution in [-0.2, 0) is 16.0 Å².